The Balaban J connectivity index is 3.82. The van der Waals surface area contributed by atoms with Crippen molar-refractivity contribution < 1.29 is 24.2 Å². The topological polar surface area (TPSA) is 72.8 Å². The van der Waals surface area contributed by atoms with Gasteiger partial charge in [0, 0.05) is 12.2 Å². The van der Waals surface area contributed by atoms with Gasteiger partial charge in [-0.25, -0.2) is 9.59 Å². The molecule has 0 aliphatic rings. The van der Waals surface area contributed by atoms with Crippen molar-refractivity contribution in [2.45, 2.75) is 0 Å². The van der Waals surface area contributed by atoms with E-state index in [1.807, 2.05) is 0 Å². The van der Waals surface area contributed by atoms with Crippen LogP contribution in [0.5, 0.6) is 0 Å². The van der Waals surface area contributed by atoms with E-state index >= 15 is 0 Å². The summed E-state index contributed by atoms with van der Waals surface area (Å²) in [4.78, 5) is 21.6. The van der Waals surface area contributed by atoms with E-state index in [0.717, 1.165) is 12.2 Å². The molecule has 0 bridgehead atoms. The van der Waals surface area contributed by atoms with Crippen LogP contribution in [0.4, 0.5) is 0 Å². The first kappa shape index (κ1) is 14.1. The summed E-state index contributed by atoms with van der Waals surface area (Å²) in [5.41, 5.74) is 0.515. The molecule has 0 saturated heterocycles. The molecule has 5 nitrogen and oxygen atoms in total. The van der Waals surface area contributed by atoms with Crippen molar-refractivity contribution in [3.05, 3.63) is 36.5 Å². The number of ether oxygens (including phenoxy) is 2. The first-order chi connectivity index (χ1) is 7.60. The molecular formula is C11H14O5. The summed E-state index contributed by atoms with van der Waals surface area (Å²) in [6.45, 7) is 3.41. The van der Waals surface area contributed by atoms with Crippen LogP contribution in [0.15, 0.2) is 36.5 Å². The molecule has 0 aromatic carbocycles. The number of aliphatic hydroxyl groups is 1. The summed E-state index contributed by atoms with van der Waals surface area (Å²) in [5.74, 6) is -1.27. The van der Waals surface area contributed by atoms with Crippen LogP contribution in [0.1, 0.15) is 0 Å². The molecule has 0 spiro atoms. The van der Waals surface area contributed by atoms with Crippen LogP contribution in [0.25, 0.3) is 0 Å². The van der Waals surface area contributed by atoms with E-state index < -0.39 is 11.9 Å². The molecule has 16 heavy (non-hydrogen) atoms. The minimum absolute atomic E-state index is 0.0450. The summed E-state index contributed by atoms with van der Waals surface area (Å²) in [6, 6.07) is 0. The fourth-order valence-corrected chi connectivity index (χ4v) is 0.650. The molecule has 5 heteroatoms. The first-order valence-electron chi connectivity index (χ1n) is 4.48. The maximum Gasteiger partial charge on any atom is 0.331 e. The average molecular weight is 226 g/mol. The van der Waals surface area contributed by atoms with Gasteiger partial charge in [-0.3, -0.25) is 0 Å². The van der Waals surface area contributed by atoms with Gasteiger partial charge in [-0.2, -0.15) is 0 Å². The van der Waals surface area contributed by atoms with Gasteiger partial charge < -0.3 is 14.6 Å². The summed E-state index contributed by atoms with van der Waals surface area (Å²) in [6.07, 6.45) is 5.01. The fraction of sp³-hybridized carbons (Fsp3) is 0.273. The van der Waals surface area contributed by atoms with Crippen molar-refractivity contribution in [1.82, 2.24) is 0 Å². The maximum absolute atomic E-state index is 11.0. The number of carbonyl (C=O) groups is 2. The Morgan fingerprint density at radius 2 is 1.88 bits per heavy atom. The summed E-state index contributed by atoms with van der Waals surface area (Å²) in [5, 5.41) is 8.59. The van der Waals surface area contributed by atoms with Crippen molar-refractivity contribution in [2.75, 3.05) is 20.3 Å². The van der Waals surface area contributed by atoms with Gasteiger partial charge in [0.15, 0.2) is 0 Å². The fourth-order valence-electron chi connectivity index (χ4n) is 0.650. The van der Waals surface area contributed by atoms with E-state index in [0.29, 0.717) is 5.57 Å². The van der Waals surface area contributed by atoms with E-state index in [9.17, 15) is 9.59 Å². The van der Waals surface area contributed by atoms with Crippen LogP contribution in [0.2, 0.25) is 0 Å². The van der Waals surface area contributed by atoms with Crippen molar-refractivity contribution in [3.63, 3.8) is 0 Å². The number of rotatable bonds is 6. The quantitative estimate of drug-likeness (QED) is 0.402. The lowest BCUT2D eigenvalue weighted by Crippen LogP contribution is -2.02. The number of hydrogen-bond donors (Lipinski definition) is 1. The van der Waals surface area contributed by atoms with Crippen molar-refractivity contribution >= 4 is 11.9 Å². The third-order valence-electron chi connectivity index (χ3n) is 1.44. The molecule has 0 unspecified atom stereocenters. The third kappa shape index (κ3) is 7.52. The smallest absolute Gasteiger partial charge is 0.331 e. The summed E-state index contributed by atoms with van der Waals surface area (Å²) >= 11 is 0. The van der Waals surface area contributed by atoms with Crippen molar-refractivity contribution in [1.29, 1.82) is 0 Å². The van der Waals surface area contributed by atoms with Crippen LogP contribution in [0.3, 0.4) is 0 Å². The van der Waals surface area contributed by atoms with Crippen molar-refractivity contribution in [3.8, 4) is 0 Å². The lowest BCUT2D eigenvalue weighted by atomic mass is 10.3. The van der Waals surface area contributed by atoms with Gasteiger partial charge in [0.05, 0.1) is 13.7 Å². The molecule has 88 valence electrons. The Labute approximate surface area is 93.7 Å². The Morgan fingerprint density at radius 3 is 2.44 bits per heavy atom. The van der Waals surface area contributed by atoms with Gasteiger partial charge >= 0.3 is 11.9 Å². The molecule has 0 amide bonds. The maximum atomic E-state index is 11.0. The second-order valence-electron chi connectivity index (χ2n) is 2.71. The molecular weight excluding hydrogens is 212 g/mol. The Morgan fingerprint density at radius 1 is 1.25 bits per heavy atom. The largest absolute Gasteiger partial charge is 0.466 e. The van der Waals surface area contributed by atoms with Crippen molar-refractivity contribution in [2.24, 2.45) is 0 Å². The SMILES string of the molecule is C=C(/C=C/COC(=O)/C=C\C(=O)OC)CO. The Bertz CT molecular complexity index is 314. The van der Waals surface area contributed by atoms with E-state index in [1.165, 1.54) is 19.3 Å². The molecule has 0 fully saturated rings. The minimum Gasteiger partial charge on any atom is -0.466 e. The molecule has 0 saturated carbocycles. The predicted molar refractivity (Wildman–Crippen MR) is 57.5 cm³/mol. The number of esters is 2. The van der Waals surface area contributed by atoms with E-state index in [4.69, 9.17) is 5.11 Å². The van der Waals surface area contributed by atoms with Crippen LogP contribution in [-0.4, -0.2) is 37.4 Å². The van der Waals surface area contributed by atoms with Gasteiger partial charge in [-0.05, 0) is 11.6 Å². The normalized spacial score (nSPS) is 10.6. The van der Waals surface area contributed by atoms with Crippen LogP contribution in [0, 0.1) is 0 Å². The van der Waals surface area contributed by atoms with Gasteiger partial charge in [-0.15, -0.1) is 0 Å². The monoisotopic (exact) mass is 226 g/mol. The zero-order chi connectivity index (χ0) is 12.4. The highest BCUT2D eigenvalue weighted by Gasteiger charge is 1.97. The zero-order valence-corrected chi connectivity index (χ0v) is 9.01. The van der Waals surface area contributed by atoms with Gasteiger partial charge in [-0.1, -0.05) is 12.7 Å². The molecule has 0 rings (SSSR count). The second kappa shape index (κ2) is 8.43. The number of hydrogen-bond acceptors (Lipinski definition) is 5. The zero-order valence-electron chi connectivity index (χ0n) is 9.01. The number of carbonyl (C=O) groups excluding carboxylic acids is 2. The molecule has 0 aromatic rings. The summed E-state index contributed by atoms with van der Waals surface area (Å²) in [7, 11) is 1.21. The molecule has 0 atom stereocenters. The van der Waals surface area contributed by atoms with E-state index in [-0.39, 0.29) is 13.2 Å². The standard InChI is InChI=1S/C11H14O5/c1-9(8-12)4-3-7-16-11(14)6-5-10(13)15-2/h3-6,12H,1,7-8H2,2H3/b4-3+,6-5-. The molecule has 0 aliphatic carbocycles. The Kier molecular flexibility index (Phi) is 7.44. The van der Waals surface area contributed by atoms with E-state index in [2.05, 4.69) is 16.1 Å². The molecule has 0 heterocycles. The van der Waals surface area contributed by atoms with Gasteiger partial charge in [0.2, 0.25) is 0 Å². The summed E-state index contributed by atoms with van der Waals surface area (Å²) < 4.78 is 8.97. The molecule has 0 aromatic heterocycles. The molecule has 0 radical (unpaired) electrons. The average Bonchev–Trinajstić information content (AvgIpc) is 2.31. The number of methoxy groups -OCH3 is 1. The van der Waals surface area contributed by atoms with Crippen LogP contribution in [-0.2, 0) is 19.1 Å². The number of aliphatic hydroxyl groups excluding tert-OH is 1. The highest BCUT2D eigenvalue weighted by atomic mass is 16.5. The molecule has 0 aliphatic heterocycles. The minimum atomic E-state index is -0.648. The molecule has 1 N–H and O–H groups in total. The van der Waals surface area contributed by atoms with Crippen LogP contribution < -0.4 is 0 Å². The highest BCUT2D eigenvalue weighted by Crippen LogP contribution is 1.91. The lowest BCUT2D eigenvalue weighted by molar-refractivity contribution is -0.138. The van der Waals surface area contributed by atoms with Crippen LogP contribution >= 0.6 is 0 Å². The highest BCUT2D eigenvalue weighted by molar-refractivity contribution is 5.91. The van der Waals surface area contributed by atoms with Gasteiger partial charge in [0.1, 0.15) is 6.61 Å². The first-order valence-corrected chi connectivity index (χ1v) is 4.48. The third-order valence-corrected chi connectivity index (χ3v) is 1.44. The van der Waals surface area contributed by atoms with Gasteiger partial charge in [0.25, 0.3) is 0 Å². The Hall–Kier alpha value is -1.88. The second-order valence-corrected chi connectivity index (χ2v) is 2.71. The lowest BCUT2D eigenvalue weighted by Gasteiger charge is -1.96. The van der Waals surface area contributed by atoms with E-state index in [1.54, 1.807) is 0 Å². The predicted octanol–water partition coefficient (Wildman–Crippen LogP) is 0.363.